The zero-order chi connectivity index (χ0) is 14.3. The van der Waals surface area contributed by atoms with E-state index in [1.807, 2.05) is 0 Å². The SMILES string of the molecule is COC(=O)C(C)C(C)C(=O)OCCCS(=O)(=O)O. The molecule has 0 saturated heterocycles. The molecular formula is C10H18O7S. The zero-order valence-corrected chi connectivity index (χ0v) is 11.4. The molecule has 0 saturated carbocycles. The van der Waals surface area contributed by atoms with Crippen LogP contribution < -0.4 is 0 Å². The number of rotatable bonds is 7. The van der Waals surface area contributed by atoms with E-state index in [2.05, 4.69) is 4.74 Å². The number of methoxy groups -OCH3 is 1. The maximum atomic E-state index is 11.5. The minimum absolute atomic E-state index is 0.00387. The van der Waals surface area contributed by atoms with Crippen molar-refractivity contribution in [3.63, 3.8) is 0 Å². The monoisotopic (exact) mass is 282 g/mol. The van der Waals surface area contributed by atoms with Gasteiger partial charge in [0.25, 0.3) is 10.1 Å². The quantitative estimate of drug-likeness (QED) is 0.405. The Morgan fingerprint density at radius 3 is 2.11 bits per heavy atom. The second-order valence-electron chi connectivity index (χ2n) is 3.91. The normalized spacial score (nSPS) is 14.7. The van der Waals surface area contributed by atoms with Crippen LogP contribution in [0.1, 0.15) is 20.3 Å². The molecule has 0 aromatic carbocycles. The van der Waals surface area contributed by atoms with E-state index in [0.717, 1.165) is 0 Å². The van der Waals surface area contributed by atoms with E-state index >= 15 is 0 Å². The molecule has 0 heterocycles. The Balaban J connectivity index is 4.06. The lowest BCUT2D eigenvalue weighted by molar-refractivity contribution is -0.157. The molecule has 0 spiro atoms. The zero-order valence-electron chi connectivity index (χ0n) is 10.6. The van der Waals surface area contributed by atoms with Gasteiger partial charge in [-0.1, -0.05) is 13.8 Å². The van der Waals surface area contributed by atoms with E-state index in [4.69, 9.17) is 9.29 Å². The van der Waals surface area contributed by atoms with Gasteiger partial charge in [-0.05, 0) is 6.42 Å². The van der Waals surface area contributed by atoms with Gasteiger partial charge >= 0.3 is 11.9 Å². The first-order valence-corrected chi connectivity index (χ1v) is 6.99. The number of ether oxygens (including phenoxy) is 2. The predicted molar refractivity (Wildman–Crippen MR) is 62.3 cm³/mol. The molecule has 0 aromatic heterocycles. The van der Waals surface area contributed by atoms with Crippen molar-refractivity contribution in [1.82, 2.24) is 0 Å². The summed E-state index contributed by atoms with van der Waals surface area (Å²) in [5, 5.41) is 0. The summed E-state index contributed by atoms with van der Waals surface area (Å²) in [5.74, 6) is -2.91. The number of hydrogen-bond donors (Lipinski definition) is 1. The molecular weight excluding hydrogens is 264 g/mol. The molecule has 18 heavy (non-hydrogen) atoms. The Bertz CT molecular complexity index is 387. The molecule has 2 unspecified atom stereocenters. The summed E-state index contributed by atoms with van der Waals surface area (Å²) in [6.45, 7) is 2.93. The van der Waals surface area contributed by atoms with Crippen molar-refractivity contribution in [1.29, 1.82) is 0 Å². The molecule has 0 fully saturated rings. The van der Waals surface area contributed by atoms with Crippen LogP contribution in [0.4, 0.5) is 0 Å². The van der Waals surface area contributed by atoms with Gasteiger partial charge in [0.05, 0.1) is 31.3 Å². The standard InChI is InChI=1S/C10H18O7S/c1-7(9(11)16-3)8(2)10(12)17-5-4-6-18(13,14)15/h7-8H,4-6H2,1-3H3,(H,13,14,15). The number of carbonyl (C=O) groups excluding carboxylic acids is 2. The lowest BCUT2D eigenvalue weighted by atomic mass is 9.96. The molecule has 0 aromatic rings. The summed E-state index contributed by atoms with van der Waals surface area (Å²) in [4.78, 5) is 22.7. The molecule has 0 aliphatic carbocycles. The van der Waals surface area contributed by atoms with Crippen LogP contribution in [0, 0.1) is 11.8 Å². The summed E-state index contributed by atoms with van der Waals surface area (Å²) >= 11 is 0. The van der Waals surface area contributed by atoms with E-state index in [1.54, 1.807) is 0 Å². The molecule has 0 radical (unpaired) electrons. The fourth-order valence-corrected chi connectivity index (χ4v) is 1.62. The third-order valence-corrected chi connectivity index (χ3v) is 3.29. The van der Waals surface area contributed by atoms with Crippen LogP contribution in [0.3, 0.4) is 0 Å². The van der Waals surface area contributed by atoms with Crippen LogP contribution in [0.15, 0.2) is 0 Å². The van der Waals surface area contributed by atoms with Crippen molar-refractivity contribution in [3.05, 3.63) is 0 Å². The Hall–Kier alpha value is -1.15. The maximum Gasteiger partial charge on any atom is 0.309 e. The highest BCUT2D eigenvalue weighted by molar-refractivity contribution is 7.85. The van der Waals surface area contributed by atoms with Gasteiger partial charge in [-0.3, -0.25) is 14.1 Å². The average Bonchev–Trinajstić information content (AvgIpc) is 2.30. The molecule has 7 nitrogen and oxygen atoms in total. The lowest BCUT2D eigenvalue weighted by Crippen LogP contribution is -2.28. The minimum Gasteiger partial charge on any atom is -0.469 e. The van der Waals surface area contributed by atoms with Crippen LogP contribution in [0.25, 0.3) is 0 Å². The van der Waals surface area contributed by atoms with Crippen molar-refractivity contribution in [2.45, 2.75) is 20.3 Å². The van der Waals surface area contributed by atoms with Crippen LogP contribution in [-0.2, 0) is 29.2 Å². The van der Waals surface area contributed by atoms with Crippen molar-refractivity contribution < 1.29 is 32.0 Å². The van der Waals surface area contributed by atoms with Gasteiger partial charge in [-0.15, -0.1) is 0 Å². The highest BCUT2D eigenvalue weighted by Crippen LogP contribution is 2.14. The van der Waals surface area contributed by atoms with Crippen LogP contribution in [0.2, 0.25) is 0 Å². The molecule has 0 amide bonds. The van der Waals surface area contributed by atoms with Gasteiger partial charge in [-0.25, -0.2) is 0 Å². The van der Waals surface area contributed by atoms with E-state index in [-0.39, 0.29) is 13.0 Å². The Morgan fingerprint density at radius 1 is 1.17 bits per heavy atom. The van der Waals surface area contributed by atoms with Crippen molar-refractivity contribution in [3.8, 4) is 0 Å². The molecule has 2 atom stereocenters. The van der Waals surface area contributed by atoms with Gasteiger partial charge in [0.2, 0.25) is 0 Å². The van der Waals surface area contributed by atoms with Crippen LogP contribution >= 0.6 is 0 Å². The van der Waals surface area contributed by atoms with Crippen molar-refractivity contribution >= 4 is 22.1 Å². The van der Waals surface area contributed by atoms with Crippen molar-refractivity contribution in [2.24, 2.45) is 11.8 Å². The Kier molecular flexibility index (Phi) is 6.85. The minimum atomic E-state index is -4.04. The topological polar surface area (TPSA) is 107 Å². The largest absolute Gasteiger partial charge is 0.469 e. The highest BCUT2D eigenvalue weighted by atomic mass is 32.2. The lowest BCUT2D eigenvalue weighted by Gasteiger charge is -2.16. The van der Waals surface area contributed by atoms with E-state index < -0.39 is 39.6 Å². The van der Waals surface area contributed by atoms with Crippen LogP contribution in [0.5, 0.6) is 0 Å². The number of hydrogen-bond acceptors (Lipinski definition) is 6. The molecule has 0 bridgehead atoms. The number of esters is 2. The fourth-order valence-electron chi connectivity index (χ4n) is 1.14. The highest BCUT2D eigenvalue weighted by Gasteiger charge is 2.27. The summed E-state index contributed by atoms with van der Waals surface area (Å²) < 4.78 is 38.5. The number of carbonyl (C=O) groups is 2. The van der Waals surface area contributed by atoms with Gasteiger partial charge in [0, 0.05) is 0 Å². The Labute approximate surface area is 106 Å². The summed E-state index contributed by atoms with van der Waals surface area (Å²) in [5.41, 5.74) is 0. The van der Waals surface area contributed by atoms with E-state index in [0.29, 0.717) is 0 Å². The second-order valence-corrected chi connectivity index (χ2v) is 5.48. The summed E-state index contributed by atoms with van der Waals surface area (Å²) in [6, 6.07) is 0. The smallest absolute Gasteiger partial charge is 0.309 e. The van der Waals surface area contributed by atoms with Gasteiger partial charge < -0.3 is 9.47 Å². The maximum absolute atomic E-state index is 11.5. The predicted octanol–water partition coefficient (Wildman–Crippen LogP) is 0.253. The molecule has 0 rings (SSSR count). The molecule has 1 N–H and O–H groups in total. The first kappa shape index (κ1) is 16.9. The third kappa shape index (κ3) is 6.55. The van der Waals surface area contributed by atoms with Gasteiger partial charge in [0.1, 0.15) is 0 Å². The molecule has 8 heteroatoms. The first-order chi connectivity index (χ1) is 8.19. The second kappa shape index (κ2) is 7.32. The van der Waals surface area contributed by atoms with Crippen LogP contribution in [-0.4, -0.2) is 44.4 Å². The molecule has 106 valence electrons. The Morgan fingerprint density at radius 2 is 1.67 bits per heavy atom. The van der Waals surface area contributed by atoms with Crippen molar-refractivity contribution in [2.75, 3.05) is 19.5 Å². The first-order valence-electron chi connectivity index (χ1n) is 5.38. The van der Waals surface area contributed by atoms with E-state index in [9.17, 15) is 18.0 Å². The summed E-state index contributed by atoms with van der Waals surface area (Å²) in [7, 11) is -2.82. The summed E-state index contributed by atoms with van der Waals surface area (Å²) in [6.07, 6.45) is 0.00387. The fraction of sp³-hybridized carbons (Fsp3) is 0.800. The molecule has 0 aliphatic rings. The third-order valence-electron chi connectivity index (χ3n) is 2.49. The van der Waals surface area contributed by atoms with E-state index in [1.165, 1.54) is 21.0 Å². The molecule has 0 aliphatic heterocycles. The van der Waals surface area contributed by atoms with Gasteiger partial charge in [0.15, 0.2) is 0 Å². The average molecular weight is 282 g/mol. The van der Waals surface area contributed by atoms with Gasteiger partial charge in [-0.2, -0.15) is 8.42 Å².